The largest absolute Gasteiger partial charge is 0.493 e. The lowest BCUT2D eigenvalue weighted by Gasteiger charge is -2.10. The quantitative estimate of drug-likeness (QED) is 0.771. The normalized spacial score (nSPS) is 10.7. The third kappa shape index (κ3) is 3.08. The van der Waals surface area contributed by atoms with Crippen LogP contribution in [0.1, 0.15) is 17.3 Å². The van der Waals surface area contributed by atoms with Gasteiger partial charge in [-0.15, -0.1) is 0 Å². The lowest BCUT2D eigenvalue weighted by molar-refractivity contribution is 0.102. The molecule has 1 heterocycles. The number of aryl methyl sites for hydroxylation is 1. The van der Waals surface area contributed by atoms with Gasteiger partial charge in [0.1, 0.15) is 0 Å². The number of fused-ring (bicyclic) bond motifs is 1. The van der Waals surface area contributed by atoms with E-state index in [2.05, 4.69) is 5.32 Å². The monoisotopic (exact) mass is 342 g/mol. The number of amides is 1. The van der Waals surface area contributed by atoms with Crippen molar-refractivity contribution >= 4 is 22.7 Å². The van der Waals surface area contributed by atoms with E-state index in [-0.39, 0.29) is 5.91 Å². The zero-order chi connectivity index (χ0) is 18.0. The predicted octanol–water partition coefficient (Wildman–Crippen LogP) is 2.88. The molecule has 1 aromatic heterocycles. The fraction of sp³-hybridized carbons (Fsp3) is 0.222. The van der Waals surface area contributed by atoms with Crippen LogP contribution in [0.25, 0.3) is 11.1 Å². The minimum atomic E-state index is -0.416. The van der Waals surface area contributed by atoms with Gasteiger partial charge in [0.05, 0.1) is 19.7 Å². The van der Waals surface area contributed by atoms with Crippen molar-refractivity contribution < 1.29 is 18.7 Å². The zero-order valence-electron chi connectivity index (χ0n) is 14.2. The second kappa shape index (κ2) is 6.72. The molecule has 0 radical (unpaired) electrons. The van der Waals surface area contributed by atoms with Gasteiger partial charge >= 0.3 is 5.76 Å². The van der Waals surface area contributed by atoms with Crippen LogP contribution < -0.4 is 20.5 Å². The van der Waals surface area contributed by atoms with Crippen molar-refractivity contribution in [2.75, 3.05) is 19.5 Å². The Bertz CT molecular complexity index is 987. The fourth-order valence-electron chi connectivity index (χ4n) is 2.62. The molecule has 0 saturated carbocycles. The Labute approximate surface area is 143 Å². The number of benzene rings is 2. The van der Waals surface area contributed by atoms with E-state index in [9.17, 15) is 9.59 Å². The van der Waals surface area contributed by atoms with E-state index in [1.54, 1.807) is 36.4 Å². The van der Waals surface area contributed by atoms with Gasteiger partial charge in [-0.2, -0.15) is 0 Å². The third-order valence-electron chi connectivity index (χ3n) is 3.89. The Morgan fingerprint density at radius 1 is 1.12 bits per heavy atom. The second-order valence-corrected chi connectivity index (χ2v) is 5.32. The summed E-state index contributed by atoms with van der Waals surface area (Å²) in [6, 6.07) is 10.00. The maximum atomic E-state index is 12.4. The Hall–Kier alpha value is -3.22. The van der Waals surface area contributed by atoms with E-state index >= 15 is 0 Å². The van der Waals surface area contributed by atoms with Crippen molar-refractivity contribution in [1.29, 1.82) is 0 Å². The minimum absolute atomic E-state index is 0.308. The number of anilines is 1. The molecule has 0 unspecified atom stereocenters. The maximum Gasteiger partial charge on any atom is 0.419 e. The molecule has 0 aliphatic carbocycles. The highest BCUT2D eigenvalue weighted by atomic mass is 16.5. The first kappa shape index (κ1) is 16.6. The highest BCUT2D eigenvalue weighted by Gasteiger charge is 2.13. The number of methoxy groups -OCH3 is 2. The summed E-state index contributed by atoms with van der Waals surface area (Å²) >= 11 is 0. The van der Waals surface area contributed by atoms with Crippen molar-refractivity contribution in [1.82, 2.24) is 4.57 Å². The van der Waals surface area contributed by atoms with Gasteiger partial charge in [-0.1, -0.05) is 0 Å². The second-order valence-electron chi connectivity index (χ2n) is 5.32. The van der Waals surface area contributed by atoms with Gasteiger partial charge in [0.15, 0.2) is 17.1 Å². The average molecular weight is 342 g/mol. The van der Waals surface area contributed by atoms with E-state index in [0.29, 0.717) is 40.4 Å². The molecule has 130 valence electrons. The summed E-state index contributed by atoms with van der Waals surface area (Å²) in [6.07, 6.45) is 0. The van der Waals surface area contributed by atoms with Crippen LogP contribution in [0.3, 0.4) is 0 Å². The van der Waals surface area contributed by atoms with Crippen LogP contribution in [0.5, 0.6) is 11.5 Å². The third-order valence-corrected chi connectivity index (χ3v) is 3.89. The summed E-state index contributed by atoms with van der Waals surface area (Å²) < 4.78 is 17.1. The summed E-state index contributed by atoms with van der Waals surface area (Å²) in [7, 11) is 3.04. The van der Waals surface area contributed by atoms with Crippen molar-refractivity contribution in [2.24, 2.45) is 0 Å². The van der Waals surface area contributed by atoms with Crippen LogP contribution in [0, 0.1) is 0 Å². The number of carbonyl (C=O) groups is 1. The zero-order valence-corrected chi connectivity index (χ0v) is 14.2. The molecule has 7 heteroatoms. The Morgan fingerprint density at radius 3 is 2.56 bits per heavy atom. The molecule has 1 amide bonds. The minimum Gasteiger partial charge on any atom is -0.493 e. The summed E-state index contributed by atoms with van der Waals surface area (Å²) in [5.74, 6) is 0.290. The van der Waals surface area contributed by atoms with Crippen LogP contribution >= 0.6 is 0 Å². The van der Waals surface area contributed by atoms with Gasteiger partial charge < -0.3 is 19.2 Å². The maximum absolute atomic E-state index is 12.4. The molecule has 7 nitrogen and oxygen atoms in total. The molecule has 3 rings (SSSR count). The first-order valence-corrected chi connectivity index (χ1v) is 7.74. The van der Waals surface area contributed by atoms with E-state index in [0.717, 1.165) is 0 Å². The average Bonchev–Trinajstić information content (AvgIpc) is 2.95. The molecule has 25 heavy (non-hydrogen) atoms. The van der Waals surface area contributed by atoms with Crippen LogP contribution in [0.2, 0.25) is 0 Å². The molecule has 2 aromatic carbocycles. The molecule has 0 saturated heterocycles. The van der Waals surface area contributed by atoms with Crippen LogP contribution in [0.4, 0.5) is 5.69 Å². The summed E-state index contributed by atoms with van der Waals surface area (Å²) in [5.41, 5.74) is 2.07. The molecule has 0 aliphatic rings. The Kier molecular flexibility index (Phi) is 4.47. The van der Waals surface area contributed by atoms with Crippen molar-refractivity contribution in [2.45, 2.75) is 13.5 Å². The Balaban J connectivity index is 1.88. The van der Waals surface area contributed by atoms with E-state index < -0.39 is 5.76 Å². The molecular weight excluding hydrogens is 324 g/mol. The molecule has 3 aromatic rings. The van der Waals surface area contributed by atoms with Gasteiger partial charge in [-0.25, -0.2) is 4.79 Å². The molecule has 0 fully saturated rings. The number of aromatic nitrogens is 1. The number of ether oxygens (including phenoxy) is 2. The molecule has 1 N–H and O–H groups in total. The fourth-order valence-corrected chi connectivity index (χ4v) is 2.62. The number of carbonyl (C=O) groups excluding carboxylic acids is 1. The first-order valence-electron chi connectivity index (χ1n) is 7.74. The molecule has 0 bridgehead atoms. The number of nitrogens with one attached hydrogen (secondary N) is 1. The highest BCUT2D eigenvalue weighted by Crippen LogP contribution is 2.28. The van der Waals surface area contributed by atoms with Gasteiger partial charge in [-0.05, 0) is 37.3 Å². The first-order chi connectivity index (χ1) is 12.1. The lowest BCUT2D eigenvalue weighted by atomic mass is 10.1. The van der Waals surface area contributed by atoms with Crippen LogP contribution in [-0.4, -0.2) is 24.7 Å². The summed E-state index contributed by atoms with van der Waals surface area (Å²) in [6.45, 7) is 2.38. The molecule has 0 spiro atoms. The standard InChI is InChI=1S/C18H18N2O5/c1-4-20-13-7-6-12(10-15(13)25-18(20)22)19-17(21)11-5-8-14(23-2)16(9-11)24-3/h5-10H,4H2,1-3H3,(H,19,21). The van der Waals surface area contributed by atoms with Gasteiger partial charge in [0.2, 0.25) is 0 Å². The topological polar surface area (TPSA) is 82.7 Å². The van der Waals surface area contributed by atoms with E-state index in [1.165, 1.54) is 18.8 Å². The Morgan fingerprint density at radius 2 is 1.88 bits per heavy atom. The van der Waals surface area contributed by atoms with Crippen molar-refractivity contribution in [3.63, 3.8) is 0 Å². The number of hydrogen-bond donors (Lipinski definition) is 1. The van der Waals surface area contributed by atoms with Gasteiger partial charge in [0.25, 0.3) is 5.91 Å². The molecular formula is C18H18N2O5. The number of hydrogen-bond acceptors (Lipinski definition) is 5. The van der Waals surface area contributed by atoms with Gasteiger partial charge in [-0.3, -0.25) is 9.36 Å². The number of nitrogens with zero attached hydrogens (tertiary/aromatic N) is 1. The molecule has 0 aliphatic heterocycles. The molecule has 0 atom stereocenters. The summed E-state index contributed by atoms with van der Waals surface area (Å²) in [5, 5.41) is 2.78. The SMILES string of the molecule is CCn1c(=O)oc2cc(NC(=O)c3ccc(OC)c(OC)c3)ccc21. The highest BCUT2D eigenvalue weighted by molar-refractivity contribution is 6.05. The summed E-state index contributed by atoms with van der Waals surface area (Å²) in [4.78, 5) is 24.2. The van der Waals surface area contributed by atoms with E-state index in [4.69, 9.17) is 13.9 Å². The van der Waals surface area contributed by atoms with Crippen molar-refractivity contribution in [3.8, 4) is 11.5 Å². The predicted molar refractivity (Wildman–Crippen MR) is 93.6 cm³/mol. The van der Waals surface area contributed by atoms with Gasteiger partial charge in [0, 0.05) is 23.9 Å². The van der Waals surface area contributed by atoms with Crippen LogP contribution in [-0.2, 0) is 6.54 Å². The lowest BCUT2D eigenvalue weighted by Crippen LogP contribution is -2.12. The number of oxazole rings is 1. The van der Waals surface area contributed by atoms with Crippen molar-refractivity contribution in [3.05, 3.63) is 52.5 Å². The number of rotatable bonds is 5. The van der Waals surface area contributed by atoms with Crippen LogP contribution in [0.15, 0.2) is 45.6 Å². The van der Waals surface area contributed by atoms with E-state index in [1.807, 2.05) is 6.92 Å². The smallest absolute Gasteiger partial charge is 0.419 e.